The van der Waals surface area contributed by atoms with Crippen molar-refractivity contribution >= 4 is 5.91 Å². The van der Waals surface area contributed by atoms with Crippen LogP contribution in [0.15, 0.2) is 103 Å². The molecule has 1 N–H and O–H groups in total. The predicted octanol–water partition coefficient (Wildman–Crippen LogP) is 8.71. The van der Waals surface area contributed by atoms with Gasteiger partial charge in [0.1, 0.15) is 0 Å². The SMILES string of the molecule is COc1cc2c(cc1OC)CC1(CCCCN1CCCC(CCCNC(=O)CCc1ccccc1)(c1ccccc1)c1ccccc1)CC2. The number of likely N-dealkylation sites (tertiary alicyclic amines) is 1. The highest BCUT2D eigenvalue weighted by atomic mass is 16.5. The van der Waals surface area contributed by atoms with E-state index in [-0.39, 0.29) is 16.9 Å². The Hall–Kier alpha value is -4.09. The Morgan fingerprint density at radius 2 is 1.39 bits per heavy atom. The number of carbonyl (C=O) groups is 1. The second-order valence-electron chi connectivity index (χ2n) is 14.2. The maximum Gasteiger partial charge on any atom is 0.220 e. The Labute approximate surface area is 294 Å². The molecule has 1 atom stereocenters. The van der Waals surface area contributed by atoms with E-state index in [0.717, 1.165) is 63.0 Å². The Kier molecular flexibility index (Phi) is 11.7. The lowest BCUT2D eigenvalue weighted by atomic mass is 9.68. The van der Waals surface area contributed by atoms with Crippen LogP contribution in [0.3, 0.4) is 0 Å². The summed E-state index contributed by atoms with van der Waals surface area (Å²) in [5.74, 6) is 1.81. The average Bonchev–Trinajstić information content (AvgIpc) is 3.16. The van der Waals surface area contributed by atoms with Crippen LogP contribution in [0.1, 0.15) is 85.6 Å². The fraction of sp³-hybridized carbons (Fsp3) is 0.432. The first-order valence-corrected chi connectivity index (χ1v) is 18.5. The third kappa shape index (κ3) is 8.21. The Bertz CT molecular complexity index is 1590. The molecule has 0 radical (unpaired) electrons. The van der Waals surface area contributed by atoms with E-state index in [1.54, 1.807) is 14.2 Å². The fourth-order valence-corrected chi connectivity index (χ4v) is 8.72. The van der Waals surface area contributed by atoms with Crippen LogP contribution in [0.2, 0.25) is 0 Å². The minimum absolute atomic E-state index is 0.122. The molecule has 4 aromatic rings. The van der Waals surface area contributed by atoms with E-state index in [2.05, 4.69) is 95.1 Å². The number of methoxy groups -OCH3 is 2. The summed E-state index contributed by atoms with van der Waals surface area (Å²) in [6.07, 6.45) is 12.6. The average molecular weight is 659 g/mol. The zero-order valence-corrected chi connectivity index (χ0v) is 29.6. The number of piperidine rings is 1. The minimum Gasteiger partial charge on any atom is -0.493 e. The summed E-state index contributed by atoms with van der Waals surface area (Å²) < 4.78 is 11.3. The number of rotatable bonds is 15. The smallest absolute Gasteiger partial charge is 0.220 e. The maximum atomic E-state index is 12.8. The molecule has 0 aromatic heterocycles. The number of nitrogens with zero attached hydrogens (tertiary/aromatic N) is 1. The number of hydrogen-bond acceptors (Lipinski definition) is 4. The summed E-state index contributed by atoms with van der Waals surface area (Å²) in [7, 11) is 3.47. The van der Waals surface area contributed by atoms with E-state index in [9.17, 15) is 4.79 Å². The van der Waals surface area contributed by atoms with Gasteiger partial charge in [-0.2, -0.15) is 0 Å². The van der Waals surface area contributed by atoms with Crippen molar-refractivity contribution < 1.29 is 14.3 Å². The summed E-state index contributed by atoms with van der Waals surface area (Å²) in [5, 5.41) is 3.23. The number of benzene rings is 4. The van der Waals surface area contributed by atoms with Crippen molar-refractivity contribution in [3.63, 3.8) is 0 Å². The highest BCUT2D eigenvalue weighted by Crippen LogP contribution is 2.45. The second-order valence-corrected chi connectivity index (χ2v) is 14.2. The first kappa shape index (κ1) is 34.8. The number of hydrogen-bond donors (Lipinski definition) is 1. The molecule has 5 nitrogen and oxygen atoms in total. The first-order valence-electron chi connectivity index (χ1n) is 18.5. The monoisotopic (exact) mass is 658 g/mol. The molecule has 1 aliphatic carbocycles. The largest absolute Gasteiger partial charge is 0.493 e. The lowest BCUT2D eigenvalue weighted by molar-refractivity contribution is -0.121. The predicted molar refractivity (Wildman–Crippen MR) is 200 cm³/mol. The molecule has 1 spiro atoms. The van der Waals surface area contributed by atoms with Gasteiger partial charge in [-0.05, 0) is 117 Å². The number of fused-ring (bicyclic) bond motifs is 1. The van der Waals surface area contributed by atoms with Gasteiger partial charge in [-0.1, -0.05) is 97.4 Å². The zero-order valence-electron chi connectivity index (χ0n) is 29.6. The topological polar surface area (TPSA) is 50.8 Å². The van der Waals surface area contributed by atoms with Crippen LogP contribution < -0.4 is 14.8 Å². The van der Waals surface area contributed by atoms with Crippen LogP contribution in [-0.4, -0.2) is 50.2 Å². The zero-order chi connectivity index (χ0) is 33.9. The van der Waals surface area contributed by atoms with Crippen molar-refractivity contribution in [2.75, 3.05) is 33.9 Å². The summed E-state index contributed by atoms with van der Waals surface area (Å²) in [6, 6.07) is 36.9. The molecule has 1 fully saturated rings. The molecular weight excluding hydrogens is 604 g/mol. The van der Waals surface area contributed by atoms with Crippen LogP contribution in [-0.2, 0) is 29.5 Å². The molecule has 4 aromatic carbocycles. The number of amides is 1. The van der Waals surface area contributed by atoms with Gasteiger partial charge < -0.3 is 14.8 Å². The van der Waals surface area contributed by atoms with Gasteiger partial charge in [0.25, 0.3) is 0 Å². The molecule has 5 heteroatoms. The minimum atomic E-state index is -0.122. The Morgan fingerprint density at radius 1 is 0.776 bits per heavy atom. The van der Waals surface area contributed by atoms with E-state index in [4.69, 9.17) is 9.47 Å². The number of ether oxygens (including phenoxy) is 2. The van der Waals surface area contributed by atoms with Gasteiger partial charge in [0, 0.05) is 23.9 Å². The van der Waals surface area contributed by atoms with Crippen molar-refractivity contribution in [2.45, 2.75) is 88.0 Å². The second kappa shape index (κ2) is 16.5. The van der Waals surface area contributed by atoms with Gasteiger partial charge in [-0.25, -0.2) is 0 Å². The summed E-state index contributed by atoms with van der Waals surface area (Å²) in [6.45, 7) is 2.96. The lowest BCUT2D eigenvalue weighted by Crippen LogP contribution is -2.55. The van der Waals surface area contributed by atoms with Crippen molar-refractivity contribution in [2.24, 2.45) is 0 Å². The van der Waals surface area contributed by atoms with Crippen molar-refractivity contribution in [1.29, 1.82) is 0 Å². The lowest BCUT2D eigenvalue weighted by Gasteiger charge is -2.50. The molecule has 1 unspecified atom stereocenters. The van der Waals surface area contributed by atoms with Crippen LogP contribution in [0.25, 0.3) is 0 Å². The quantitative estimate of drug-likeness (QED) is 0.130. The van der Waals surface area contributed by atoms with E-state index in [0.29, 0.717) is 13.0 Å². The normalized spacial score (nSPS) is 17.8. The molecule has 1 aliphatic heterocycles. The van der Waals surface area contributed by atoms with Gasteiger partial charge in [0.15, 0.2) is 11.5 Å². The molecule has 1 heterocycles. The van der Waals surface area contributed by atoms with E-state index < -0.39 is 0 Å². The van der Waals surface area contributed by atoms with Crippen molar-refractivity contribution in [3.05, 3.63) is 131 Å². The van der Waals surface area contributed by atoms with Crippen LogP contribution >= 0.6 is 0 Å². The Morgan fingerprint density at radius 3 is 2.04 bits per heavy atom. The first-order chi connectivity index (χ1) is 24.0. The van der Waals surface area contributed by atoms with E-state index >= 15 is 0 Å². The molecule has 1 amide bonds. The third-order valence-electron chi connectivity index (χ3n) is 11.3. The van der Waals surface area contributed by atoms with E-state index in [1.165, 1.54) is 60.0 Å². The van der Waals surface area contributed by atoms with E-state index in [1.807, 2.05) is 18.2 Å². The van der Waals surface area contributed by atoms with Crippen molar-refractivity contribution in [3.8, 4) is 11.5 Å². The van der Waals surface area contributed by atoms with Crippen LogP contribution in [0, 0.1) is 0 Å². The molecular formula is C44H54N2O3. The standard InChI is InChI=1S/C44H54N2O3/c1-48-40-32-36-24-28-43(34-37(36)33-41(40)49-2)25-12-13-30-46(43)31-15-27-44(38-18-8-4-9-19-38,39-20-10-5-11-21-39)26-14-29-45-42(47)23-22-35-16-6-3-7-17-35/h3-11,16-21,32-33H,12-15,22-31,34H2,1-2H3,(H,45,47). The molecule has 6 rings (SSSR count). The van der Waals surface area contributed by atoms with Crippen LogP contribution in [0.4, 0.5) is 0 Å². The maximum absolute atomic E-state index is 12.8. The number of nitrogens with one attached hydrogen (secondary N) is 1. The highest BCUT2D eigenvalue weighted by molar-refractivity contribution is 5.76. The Balaban J connectivity index is 1.16. The van der Waals surface area contributed by atoms with Gasteiger partial charge in [-0.15, -0.1) is 0 Å². The highest BCUT2D eigenvalue weighted by Gasteiger charge is 2.42. The molecule has 49 heavy (non-hydrogen) atoms. The number of aryl methyl sites for hydroxylation is 2. The molecule has 1 saturated heterocycles. The van der Waals surface area contributed by atoms with Gasteiger partial charge in [0.05, 0.1) is 14.2 Å². The molecule has 0 bridgehead atoms. The van der Waals surface area contributed by atoms with Crippen LogP contribution in [0.5, 0.6) is 11.5 Å². The summed E-state index contributed by atoms with van der Waals surface area (Å²) >= 11 is 0. The molecule has 258 valence electrons. The number of carbonyl (C=O) groups excluding carboxylic acids is 1. The summed E-state index contributed by atoms with van der Waals surface area (Å²) in [5.41, 5.74) is 6.87. The molecule has 0 saturated carbocycles. The molecule has 2 aliphatic rings. The van der Waals surface area contributed by atoms with Gasteiger partial charge >= 0.3 is 0 Å². The van der Waals surface area contributed by atoms with Crippen molar-refractivity contribution in [1.82, 2.24) is 10.2 Å². The third-order valence-corrected chi connectivity index (χ3v) is 11.3. The van der Waals surface area contributed by atoms with Gasteiger partial charge in [-0.3, -0.25) is 9.69 Å². The summed E-state index contributed by atoms with van der Waals surface area (Å²) in [4.78, 5) is 15.6. The van der Waals surface area contributed by atoms with Gasteiger partial charge in [0.2, 0.25) is 5.91 Å². The fourth-order valence-electron chi connectivity index (χ4n) is 8.72.